The van der Waals surface area contributed by atoms with E-state index in [4.69, 9.17) is 4.74 Å². The SMILES string of the molecule is COC(=O)[C@H]1CCCN(C(=O)c2cc(Br)ccc2I)C1. The quantitative estimate of drug-likeness (QED) is 0.512. The van der Waals surface area contributed by atoms with Gasteiger partial charge in [0, 0.05) is 21.1 Å². The van der Waals surface area contributed by atoms with Crippen LogP contribution in [0, 0.1) is 9.49 Å². The number of hydrogen-bond donors (Lipinski definition) is 0. The number of ether oxygens (including phenoxy) is 1. The molecule has 0 aliphatic carbocycles. The van der Waals surface area contributed by atoms with Crippen LogP contribution in [0.15, 0.2) is 22.7 Å². The Labute approximate surface area is 140 Å². The van der Waals surface area contributed by atoms with Crippen molar-refractivity contribution in [2.75, 3.05) is 20.2 Å². The zero-order valence-corrected chi connectivity index (χ0v) is 14.8. The van der Waals surface area contributed by atoms with Gasteiger partial charge in [0.25, 0.3) is 5.91 Å². The number of piperidine rings is 1. The maximum absolute atomic E-state index is 12.6. The van der Waals surface area contributed by atoms with Gasteiger partial charge in [-0.25, -0.2) is 0 Å². The van der Waals surface area contributed by atoms with Gasteiger partial charge < -0.3 is 9.64 Å². The van der Waals surface area contributed by atoms with E-state index in [9.17, 15) is 9.59 Å². The molecule has 1 aliphatic heterocycles. The zero-order valence-electron chi connectivity index (χ0n) is 11.1. The number of carbonyl (C=O) groups is 2. The number of benzene rings is 1. The highest BCUT2D eigenvalue weighted by Gasteiger charge is 2.30. The lowest BCUT2D eigenvalue weighted by Gasteiger charge is -2.31. The Balaban J connectivity index is 2.16. The molecule has 1 saturated heterocycles. The van der Waals surface area contributed by atoms with Gasteiger partial charge in [0.1, 0.15) is 0 Å². The van der Waals surface area contributed by atoms with E-state index < -0.39 is 0 Å². The Morgan fingerprint density at radius 2 is 2.20 bits per heavy atom. The van der Waals surface area contributed by atoms with Crippen LogP contribution in [0.3, 0.4) is 0 Å². The van der Waals surface area contributed by atoms with Crippen LogP contribution in [-0.4, -0.2) is 37.0 Å². The fraction of sp³-hybridized carbons (Fsp3) is 0.429. The molecule has 1 heterocycles. The summed E-state index contributed by atoms with van der Waals surface area (Å²) in [6, 6.07) is 5.64. The standard InChI is InChI=1S/C14H15BrINO3/c1-20-14(19)9-3-2-6-17(8-9)13(18)11-7-10(15)4-5-12(11)16/h4-5,7,9H,2-3,6,8H2,1H3/t9-/m0/s1. The van der Waals surface area contributed by atoms with E-state index in [-0.39, 0.29) is 17.8 Å². The third kappa shape index (κ3) is 3.52. The second-order valence-corrected chi connectivity index (χ2v) is 6.82. The summed E-state index contributed by atoms with van der Waals surface area (Å²) >= 11 is 5.54. The molecule has 0 bridgehead atoms. The Morgan fingerprint density at radius 1 is 1.45 bits per heavy atom. The first-order chi connectivity index (χ1) is 9.52. The molecule has 1 fully saturated rings. The van der Waals surface area contributed by atoms with Crippen LogP contribution in [-0.2, 0) is 9.53 Å². The number of hydrogen-bond acceptors (Lipinski definition) is 3. The van der Waals surface area contributed by atoms with E-state index in [0.717, 1.165) is 20.9 Å². The number of amides is 1. The summed E-state index contributed by atoms with van der Waals surface area (Å²) < 4.78 is 6.57. The largest absolute Gasteiger partial charge is 0.469 e. The maximum atomic E-state index is 12.6. The van der Waals surface area contributed by atoms with Crippen molar-refractivity contribution in [2.45, 2.75) is 12.8 Å². The molecule has 0 unspecified atom stereocenters. The Morgan fingerprint density at radius 3 is 2.90 bits per heavy atom. The molecule has 1 aliphatic rings. The minimum atomic E-state index is -0.230. The second-order valence-electron chi connectivity index (χ2n) is 4.74. The lowest BCUT2D eigenvalue weighted by Crippen LogP contribution is -2.42. The molecule has 20 heavy (non-hydrogen) atoms. The van der Waals surface area contributed by atoms with Crippen molar-refractivity contribution < 1.29 is 14.3 Å². The summed E-state index contributed by atoms with van der Waals surface area (Å²) in [4.78, 5) is 25.9. The number of halogens is 2. The van der Waals surface area contributed by atoms with Gasteiger partial charge in [0.05, 0.1) is 18.6 Å². The van der Waals surface area contributed by atoms with Crippen LogP contribution >= 0.6 is 38.5 Å². The van der Waals surface area contributed by atoms with Gasteiger partial charge in [-0.05, 0) is 53.6 Å². The predicted octanol–water partition coefficient (Wildman–Crippen LogP) is 3.08. The van der Waals surface area contributed by atoms with Crippen molar-refractivity contribution in [1.82, 2.24) is 4.90 Å². The fourth-order valence-corrected chi connectivity index (χ4v) is 3.28. The molecule has 1 aromatic carbocycles. The molecule has 1 aromatic rings. The molecule has 4 nitrogen and oxygen atoms in total. The first kappa shape index (κ1) is 15.8. The maximum Gasteiger partial charge on any atom is 0.310 e. The van der Waals surface area contributed by atoms with E-state index in [0.29, 0.717) is 18.7 Å². The average molecular weight is 452 g/mol. The van der Waals surface area contributed by atoms with Crippen LogP contribution in [0.2, 0.25) is 0 Å². The molecule has 2 rings (SSSR count). The normalized spacial score (nSPS) is 18.8. The van der Waals surface area contributed by atoms with Crippen LogP contribution in [0.4, 0.5) is 0 Å². The van der Waals surface area contributed by atoms with Crippen LogP contribution in [0.5, 0.6) is 0 Å². The Bertz CT molecular complexity index is 535. The number of rotatable bonds is 2. The molecule has 0 spiro atoms. The summed E-state index contributed by atoms with van der Waals surface area (Å²) in [5.41, 5.74) is 0.672. The van der Waals surface area contributed by atoms with E-state index in [2.05, 4.69) is 38.5 Å². The fourth-order valence-electron chi connectivity index (χ4n) is 2.35. The average Bonchev–Trinajstić information content (AvgIpc) is 2.48. The molecule has 0 N–H and O–H groups in total. The molecule has 108 valence electrons. The highest BCUT2D eigenvalue weighted by Crippen LogP contribution is 2.23. The highest BCUT2D eigenvalue weighted by atomic mass is 127. The van der Waals surface area contributed by atoms with Gasteiger partial charge in [-0.15, -0.1) is 0 Å². The van der Waals surface area contributed by atoms with Crippen molar-refractivity contribution in [3.8, 4) is 0 Å². The van der Waals surface area contributed by atoms with Gasteiger partial charge in [0.2, 0.25) is 0 Å². The molecule has 1 amide bonds. The first-order valence-corrected chi connectivity index (χ1v) is 8.22. The third-order valence-electron chi connectivity index (χ3n) is 3.40. The van der Waals surface area contributed by atoms with Crippen molar-refractivity contribution in [3.63, 3.8) is 0 Å². The van der Waals surface area contributed by atoms with Crippen molar-refractivity contribution in [2.24, 2.45) is 5.92 Å². The van der Waals surface area contributed by atoms with Gasteiger partial charge >= 0.3 is 5.97 Å². The monoisotopic (exact) mass is 451 g/mol. The van der Waals surface area contributed by atoms with E-state index in [1.807, 2.05) is 18.2 Å². The van der Waals surface area contributed by atoms with Crippen LogP contribution < -0.4 is 0 Å². The number of esters is 1. The molecule has 1 atom stereocenters. The van der Waals surface area contributed by atoms with Crippen LogP contribution in [0.1, 0.15) is 23.2 Å². The van der Waals surface area contributed by atoms with Crippen LogP contribution in [0.25, 0.3) is 0 Å². The third-order valence-corrected chi connectivity index (χ3v) is 4.84. The van der Waals surface area contributed by atoms with Gasteiger partial charge in [0.15, 0.2) is 0 Å². The zero-order chi connectivity index (χ0) is 14.7. The van der Waals surface area contributed by atoms with Gasteiger partial charge in [-0.1, -0.05) is 15.9 Å². The second kappa shape index (κ2) is 6.89. The molecular weight excluding hydrogens is 437 g/mol. The minimum Gasteiger partial charge on any atom is -0.469 e. The van der Waals surface area contributed by atoms with E-state index in [1.54, 1.807) is 4.90 Å². The minimum absolute atomic E-state index is 0.0238. The lowest BCUT2D eigenvalue weighted by atomic mass is 9.97. The van der Waals surface area contributed by atoms with Gasteiger partial charge in [-0.2, -0.15) is 0 Å². The molecule has 0 saturated carbocycles. The smallest absolute Gasteiger partial charge is 0.310 e. The molecule has 6 heteroatoms. The van der Waals surface area contributed by atoms with E-state index in [1.165, 1.54) is 7.11 Å². The van der Waals surface area contributed by atoms with Crippen molar-refractivity contribution >= 4 is 50.4 Å². The number of nitrogens with zero attached hydrogens (tertiary/aromatic N) is 1. The summed E-state index contributed by atoms with van der Waals surface area (Å²) in [6.45, 7) is 1.13. The summed E-state index contributed by atoms with van der Waals surface area (Å²) in [6.07, 6.45) is 1.61. The van der Waals surface area contributed by atoms with Crippen molar-refractivity contribution in [1.29, 1.82) is 0 Å². The first-order valence-electron chi connectivity index (χ1n) is 6.35. The summed E-state index contributed by atoms with van der Waals surface area (Å²) in [5, 5.41) is 0. The lowest BCUT2D eigenvalue weighted by molar-refractivity contribution is -0.146. The predicted molar refractivity (Wildman–Crippen MR) is 87.5 cm³/mol. The topological polar surface area (TPSA) is 46.6 Å². The summed E-state index contributed by atoms with van der Waals surface area (Å²) in [5.74, 6) is -0.460. The highest BCUT2D eigenvalue weighted by molar-refractivity contribution is 14.1. The summed E-state index contributed by atoms with van der Waals surface area (Å²) in [7, 11) is 1.39. The Hall–Kier alpha value is -0.630. The Kier molecular flexibility index (Phi) is 5.42. The molecular formula is C14H15BrINO3. The molecule has 0 aromatic heterocycles. The number of likely N-dealkylation sites (tertiary alicyclic amines) is 1. The number of methoxy groups -OCH3 is 1. The number of carbonyl (C=O) groups excluding carboxylic acids is 2. The molecule has 0 radical (unpaired) electrons. The van der Waals surface area contributed by atoms with Crippen molar-refractivity contribution in [3.05, 3.63) is 31.8 Å². The van der Waals surface area contributed by atoms with Gasteiger partial charge in [-0.3, -0.25) is 9.59 Å². The van der Waals surface area contributed by atoms with E-state index >= 15 is 0 Å².